The van der Waals surface area contributed by atoms with Crippen molar-refractivity contribution in [2.75, 3.05) is 32.2 Å². The van der Waals surface area contributed by atoms with Crippen LogP contribution in [-0.4, -0.2) is 44.4 Å². The first-order valence-electron chi connectivity index (χ1n) is 12.8. The van der Waals surface area contributed by atoms with E-state index in [0.717, 1.165) is 42.5 Å². The predicted octanol–water partition coefficient (Wildman–Crippen LogP) is 6.72. The second kappa shape index (κ2) is 15.5. The summed E-state index contributed by atoms with van der Waals surface area (Å²) >= 11 is 0. The van der Waals surface area contributed by atoms with Crippen LogP contribution in [0.5, 0.6) is 5.75 Å². The van der Waals surface area contributed by atoms with Crippen LogP contribution in [0.25, 0.3) is 17.2 Å². The van der Waals surface area contributed by atoms with Crippen molar-refractivity contribution in [2.24, 2.45) is 0 Å². The third kappa shape index (κ3) is 8.95. The minimum absolute atomic E-state index is 0.136. The lowest BCUT2D eigenvalue weighted by Gasteiger charge is -2.20. The number of hydrogen-bond donors (Lipinski definition) is 2. The molecular formula is C29H40N2O5. The Kier molecular flexibility index (Phi) is 12.4. The van der Waals surface area contributed by atoms with Gasteiger partial charge in [0.2, 0.25) is 5.76 Å². The number of nitrogens with one attached hydrogen (secondary N) is 1. The third-order valence-electron chi connectivity index (χ3n) is 5.90. The highest BCUT2D eigenvalue weighted by Gasteiger charge is 2.14. The zero-order valence-electron chi connectivity index (χ0n) is 22.0. The molecule has 196 valence electrons. The molecule has 7 nitrogen and oxygen atoms in total. The quantitative estimate of drug-likeness (QED) is 0.162. The Balaban J connectivity index is 2.24. The number of methoxy groups -OCH3 is 1. The van der Waals surface area contributed by atoms with Crippen molar-refractivity contribution in [3.8, 4) is 16.9 Å². The Bertz CT molecular complexity index is 1020. The standard InChI is InChI=1S/C29H40N2O5/c1-5-7-9-10-11-17-30-29(34)31(3)24-14-12-13-23(21-24)25-16-15-22(20-27(35-4)28(32)33)19-26(25)36-18-8-6-2/h12-16,19-21H,5-11,17-18H2,1-4H3,(H,30,34)(H,32,33)/b27-20+. The van der Waals surface area contributed by atoms with Gasteiger partial charge in [0.05, 0.1) is 13.7 Å². The van der Waals surface area contributed by atoms with Crippen LogP contribution in [0.1, 0.15) is 64.4 Å². The molecule has 0 heterocycles. The number of benzene rings is 2. The molecule has 36 heavy (non-hydrogen) atoms. The van der Waals surface area contributed by atoms with Crippen molar-refractivity contribution in [2.45, 2.75) is 58.8 Å². The number of aliphatic carboxylic acids is 1. The Morgan fingerprint density at radius 1 is 1.00 bits per heavy atom. The van der Waals surface area contributed by atoms with Gasteiger partial charge in [0.1, 0.15) is 5.75 Å². The van der Waals surface area contributed by atoms with Crippen molar-refractivity contribution >= 4 is 23.8 Å². The number of carboxylic acids is 1. The molecule has 2 aromatic carbocycles. The van der Waals surface area contributed by atoms with Crippen molar-refractivity contribution in [1.29, 1.82) is 0 Å². The molecule has 0 fully saturated rings. The number of rotatable bonds is 15. The number of carbonyl (C=O) groups is 2. The predicted molar refractivity (Wildman–Crippen MR) is 145 cm³/mol. The number of ether oxygens (including phenoxy) is 2. The molecule has 0 aliphatic heterocycles. The van der Waals surface area contributed by atoms with Gasteiger partial charge < -0.3 is 19.9 Å². The van der Waals surface area contributed by atoms with Gasteiger partial charge in [-0.1, -0.05) is 70.2 Å². The van der Waals surface area contributed by atoms with Crippen molar-refractivity contribution in [1.82, 2.24) is 5.32 Å². The van der Waals surface area contributed by atoms with E-state index in [-0.39, 0.29) is 11.8 Å². The Hall–Kier alpha value is -3.48. The number of hydrogen-bond acceptors (Lipinski definition) is 4. The lowest BCUT2D eigenvalue weighted by Crippen LogP contribution is -2.37. The average molecular weight is 497 g/mol. The molecule has 0 aliphatic carbocycles. The Morgan fingerprint density at radius 2 is 1.75 bits per heavy atom. The topological polar surface area (TPSA) is 88.1 Å². The molecule has 7 heteroatoms. The highest BCUT2D eigenvalue weighted by atomic mass is 16.5. The lowest BCUT2D eigenvalue weighted by molar-refractivity contribution is -0.135. The van der Waals surface area contributed by atoms with Gasteiger partial charge >= 0.3 is 12.0 Å². The summed E-state index contributed by atoms with van der Waals surface area (Å²) in [5, 5.41) is 12.3. The van der Waals surface area contributed by atoms with Gasteiger partial charge in [0.15, 0.2) is 0 Å². The summed E-state index contributed by atoms with van der Waals surface area (Å²) in [5.41, 5.74) is 3.20. The SMILES string of the molecule is CCCCCCCNC(=O)N(C)c1cccc(-c2ccc(/C=C(/OC)C(=O)O)cc2OCCCC)c1. The van der Waals surface area contributed by atoms with E-state index in [9.17, 15) is 14.7 Å². The van der Waals surface area contributed by atoms with Crippen LogP contribution in [0.4, 0.5) is 10.5 Å². The number of urea groups is 1. The summed E-state index contributed by atoms with van der Waals surface area (Å²) in [4.78, 5) is 25.6. The highest BCUT2D eigenvalue weighted by molar-refractivity contribution is 5.92. The maximum absolute atomic E-state index is 12.7. The number of unbranched alkanes of at least 4 members (excludes halogenated alkanes) is 5. The smallest absolute Gasteiger partial charge is 0.371 e. The molecule has 2 amide bonds. The molecular weight excluding hydrogens is 456 g/mol. The van der Waals surface area contributed by atoms with E-state index in [2.05, 4.69) is 19.2 Å². The molecule has 0 spiro atoms. The van der Waals surface area contributed by atoms with Crippen LogP contribution in [-0.2, 0) is 9.53 Å². The second-order valence-electron chi connectivity index (χ2n) is 8.73. The molecule has 0 bridgehead atoms. The number of carboxylic acid groups (broad SMARTS) is 1. The molecule has 2 aromatic rings. The molecule has 0 unspecified atom stereocenters. The van der Waals surface area contributed by atoms with Crippen LogP contribution in [0.2, 0.25) is 0 Å². The minimum atomic E-state index is -1.13. The van der Waals surface area contributed by atoms with E-state index in [4.69, 9.17) is 9.47 Å². The van der Waals surface area contributed by atoms with E-state index in [0.29, 0.717) is 24.5 Å². The van der Waals surface area contributed by atoms with Crippen LogP contribution in [0.15, 0.2) is 48.2 Å². The normalized spacial score (nSPS) is 11.2. The largest absolute Gasteiger partial charge is 0.493 e. The van der Waals surface area contributed by atoms with Crippen molar-refractivity contribution in [3.05, 3.63) is 53.8 Å². The van der Waals surface area contributed by atoms with E-state index >= 15 is 0 Å². The maximum atomic E-state index is 12.7. The number of carbonyl (C=O) groups excluding carboxylic acids is 1. The van der Waals surface area contributed by atoms with Gasteiger partial charge in [-0.15, -0.1) is 0 Å². The van der Waals surface area contributed by atoms with E-state index in [1.807, 2.05) is 42.5 Å². The monoisotopic (exact) mass is 496 g/mol. The summed E-state index contributed by atoms with van der Waals surface area (Å²) in [6.07, 6.45) is 9.10. The molecule has 0 aliphatic rings. The lowest BCUT2D eigenvalue weighted by atomic mass is 10.0. The Labute approximate surface area is 215 Å². The summed E-state index contributed by atoms with van der Waals surface area (Å²) in [6.45, 7) is 5.49. The van der Waals surface area contributed by atoms with Crippen molar-refractivity contribution in [3.63, 3.8) is 0 Å². The van der Waals surface area contributed by atoms with Crippen LogP contribution >= 0.6 is 0 Å². The van der Waals surface area contributed by atoms with Crippen LogP contribution < -0.4 is 15.0 Å². The van der Waals surface area contributed by atoms with Gasteiger partial charge in [-0.25, -0.2) is 9.59 Å². The summed E-state index contributed by atoms with van der Waals surface area (Å²) in [5.74, 6) is -0.637. The van der Waals surface area contributed by atoms with Gasteiger partial charge in [0, 0.05) is 24.8 Å². The Morgan fingerprint density at radius 3 is 2.44 bits per heavy atom. The zero-order chi connectivity index (χ0) is 26.3. The van der Waals surface area contributed by atoms with Crippen LogP contribution in [0.3, 0.4) is 0 Å². The van der Waals surface area contributed by atoms with Crippen molar-refractivity contribution < 1.29 is 24.2 Å². The zero-order valence-corrected chi connectivity index (χ0v) is 22.0. The second-order valence-corrected chi connectivity index (χ2v) is 8.73. The number of nitrogens with zero attached hydrogens (tertiary/aromatic N) is 1. The average Bonchev–Trinajstić information content (AvgIpc) is 2.88. The molecule has 2 rings (SSSR count). The van der Waals surface area contributed by atoms with Crippen LogP contribution in [0, 0.1) is 0 Å². The van der Waals surface area contributed by atoms with E-state index < -0.39 is 5.97 Å². The molecule has 2 N–H and O–H groups in total. The number of amides is 2. The van der Waals surface area contributed by atoms with E-state index in [1.54, 1.807) is 11.9 Å². The molecule has 0 atom stereocenters. The fraction of sp³-hybridized carbons (Fsp3) is 0.448. The molecule has 0 saturated carbocycles. The molecule has 0 radical (unpaired) electrons. The molecule has 0 saturated heterocycles. The fourth-order valence-corrected chi connectivity index (χ4v) is 3.71. The summed E-state index contributed by atoms with van der Waals surface area (Å²) < 4.78 is 11.0. The maximum Gasteiger partial charge on any atom is 0.371 e. The first-order valence-corrected chi connectivity index (χ1v) is 12.8. The van der Waals surface area contributed by atoms with Gasteiger partial charge in [0.25, 0.3) is 0 Å². The first-order chi connectivity index (χ1) is 17.4. The molecule has 0 aromatic heterocycles. The summed E-state index contributed by atoms with van der Waals surface area (Å²) in [7, 11) is 3.09. The third-order valence-corrected chi connectivity index (χ3v) is 5.90. The highest BCUT2D eigenvalue weighted by Crippen LogP contribution is 2.34. The van der Waals surface area contributed by atoms with E-state index in [1.165, 1.54) is 32.4 Å². The minimum Gasteiger partial charge on any atom is -0.493 e. The fourth-order valence-electron chi connectivity index (χ4n) is 3.71. The number of anilines is 1. The van der Waals surface area contributed by atoms with Gasteiger partial charge in [-0.2, -0.15) is 0 Å². The van der Waals surface area contributed by atoms with Gasteiger partial charge in [-0.3, -0.25) is 4.90 Å². The summed E-state index contributed by atoms with van der Waals surface area (Å²) in [6, 6.07) is 13.1. The first kappa shape index (κ1) is 28.8. The van der Waals surface area contributed by atoms with Gasteiger partial charge in [-0.05, 0) is 48.2 Å².